The zero-order valence-electron chi connectivity index (χ0n) is 18.2. The van der Waals surface area contributed by atoms with Crippen molar-refractivity contribution in [2.24, 2.45) is 5.92 Å². The van der Waals surface area contributed by atoms with Gasteiger partial charge < -0.3 is 16.0 Å². The Bertz CT molecular complexity index is 1050. The molecule has 164 valence electrons. The van der Waals surface area contributed by atoms with E-state index in [9.17, 15) is 14.4 Å². The maximum absolute atomic E-state index is 13.0. The van der Waals surface area contributed by atoms with E-state index >= 15 is 0 Å². The zero-order chi connectivity index (χ0) is 22.9. The first-order valence-electron chi connectivity index (χ1n) is 10.5. The van der Waals surface area contributed by atoms with Gasteiger partial charge in [0.15, 0.2) is 0 Å². The summed E-state index contributed by atoms with van der Waals surface area (Å²) in [5, 5.41) is 8.51. The first-order valence-corrected chi connectivity index (χ1v) is 10.5. The predicted molar refractivity (Wildman–Crippen MR) is 126 cm³/mol. The number of carbonyl (C=O) groups is 3. The standard InChI is InChI=1S/C26H27N3O3/c1-18(2)24(30)27-21-13-15-22(16-14-21)28-26(32)23(17-19-9-5-3-6-10-19)29-25(31)20-11-7-4-8-12-20/h3-16,18,23H,17H2,1-2H3,(H,27,30)(H,28,32)(H,29,31). The summed E-state index contributed by atoms with van der Waals surface area (Å²) >= 11 is 0. The van der Waals surface area contributed by atoms with Gasteiger partial charge in [0.25, 0.3) is 5.91 Å². The van der Waals surface area contributed by atoms with Crippen molar-refractivity contribution in [1.29, 1.82) is 0 Å². The number of anilines is 2. The van der Waals surface area contributed by atoms with Crippen LogP contribution < -0.4 is 16.0 Å². The summed E-state index contributed by atoms with van der Waals surface area (Å²) in [5.41, 5.74) is 2.65. The normalized spacial score (nSPS) is 11.5. The average molecular weight is 430 g/mol. The highest BCUT2D eigenvalue weighted by Crippen LogP contribution is 2.15. The van der Waals surface area contributed by atoms with Crippen molar-refractivity contribution >= 4 is 29.1 Å². The molecule has 0 radical (unpaired) electrons. The van der Waals surface area contributed by atoms with Gasteiger partial charge in [-0.15, -0.1) is 0 Å². The minimum absolute atomic E-state index is 0.0756. The quantitative estimate of drug-likeness (QED) is 0.500. The molecule has 0 aliphatic rings. The monoisotopic (exact) mass is 429 g/mol. The van der Waals surface area contributed by atoms with Crippen molar-refractivity contribution in [3.8, 4) is 0 Å². The molecule has 0 aliphatic heterocycles. The van der Waals surface area contributed by atoms with Gasteiger partial charge in [-0.05, 0) is 42.0 Å². The molecule has 0 aliphatic carbocycles. The molecule has 3 aromatic rings. The molecule has 0 fully saturated rings. The second-order valence-electron chi connectivity index (χ2n) is 7.79. The fraction of sp³-hybridized carbons (Fsp3) is 0.192. The Hall–Kier alpha value is -3.93. The molecule has 3 N–H and O–H groups in total. The van der Waals surface area contributed by atoms with Gasteiger partial charge in [0, 0.05) is 29.3 Å². The molecule has 0 heterocycles. The average Bonchev–Trinajstić information content (AvgIpc) is 2.81. The van der Waals surface area contributed by atoms with Gasteiger partial charge in [0.1, 0.15) is 6.04 Å². The van der Waals surface area contributed by atoms with Gasteiger partial charge in [-0.2, -0.15) is 0 Å². The van der Waals surface area contributed by atoms with Crippen molar-refractivity contribution in [2.45, 2.75) is 26.3 Å². The Labute approximate surface area is 188 Å². The van der Waals surface area contributed by atoms with E-state index in [1.807, 2.05) is 50.2 Å². The van der Waals surface area contributed by atoms with Gasteiger partial charge in [-0.3, -0.25) is 14.4 Å². The summed E-state index contributed by atoms with van der Waals surface area (Å²) in [5.74, 6) is -0.833. The van der Waals surface area contributed by atoms with Crippen LogP contribution in [-0.2, 0) is 16.0 Å². The smallest absolute Gasteiger partial charge is 0.251 e. The zero-order valence-corrected chi connectivity index (χ0v) is 18.2. The number of carbonyl (C=O) groups excluding carboxylic acids is 3. The molecule has 0 saturated carbocycles. The summed E-state index contributed by atoms with van der Waals surface area (Å²) in [4.78, 5) is 37.5. The van der Waals surface area contributed by atoms with Crippen LogP contribution in [0.5, 0.6) is 0 Å². The van der Waals surface area contributed by atoms with E-state index in [4.69, 9.17) is 0 Å². The Balaban J connectivity index is 1.71. The van der Waals surface area contributed by atoms with Gasteiger partial charge in [-0.1, -0.05) is 62.4 Å². The van der Waals surface area contributed by atoms with Crippen LogP contribution in [-0.4, -0.2) is 23.8 Å². The second kappa shape index (κ2) is 10.9. The molecule has 0 aromatic heterocycles. The van der Waals surface area contributed by atoms with Crippen LogP contribution in [0.1, 0.15) is 29.8 Å². The summed E-state index contributed by atoms with van der Waals surface area (Å²) in [6.07, 6.45) is 0.355. The maximum Gasteiger partial charge on any atom is 0.251 e. The van der Waals surface area contributed by atoms with E-state index in [0.717, 1.165) is 5.56 Å². The highest BCUT2D eigenvalue weighted by atomic mass is 16.2. The lowest BCUT2D eigenvalue weighted by atomic mass is 10.0. The van der Waals surface area contributed by atoms with Crippen LogP contribution in [0.25, 0.3) is 0 Å². The highest BCUT2D eigenvalue weighted by Gasteiger charge is 2.22. The fourth-order valence-electron chi connectivity index (χ4n) is 3.04. The number of rotatable bonds is 8. The molecule has 6 heteroatoms. The van der Waals surface area contributed by atoms with E-state index in [1.165, 1.54) is 0 Å². The van der Waals surface area contributed by atoms with E-state index < -0.39 is 6.04 Å². The van der Waals surface area contributed by atoms with Gasteiger partial charge >= 0.3 is 0 Å². The van der Waals surface area contributed by atoms with Crippen molar-refractivity contribution < 1.29 is 14.4 Å². The number of nitrogens with one attached hydrogen (secondary N) is 3. The molecule has 1 unspecified atom stereocenters. The number of benzene rings is 3. The van der Waals surface area contributed by atoms with E-state index in [-0.39, 0.29) is 23.6 Å². The Morgan fingerprint density at radius 1 is 0.688 bits per heavy atom. The summed E-state index contributed by atoms with van der Waals surface area (Å²) in [6, 6.07) is 24.5. The van der Waals surface area contributed by atoms with Gasteiger partial charge in [0.2, 0.25) is 11.8 Å². The largest absolute Gasteiger partial charge is 0.340 e. The number of hydrogen-bond acceptors (Lipinski definition) is 3. The van der Waals surface area contributed by atoms with Crippen LogP contribution in [0, 0.1) is 5.92 Å². The first-order chi connectivity index (χ1) is 15.4. The Kier molecular flexibility index (Phi) is 7.75. The molecule has 32 heavy (non-hydrogen) atoms. The SMILES string of the molecule is CC(C)C(=O)Nc1ccc(NC(=O)C(Cc2ccccc2)NC(=O)c2ccccc2)cc1. The van der Waals surface area contributed by atoms with E-state index in [2.05, 4.69) is 16.0 Å². The van der Waals surface area contributed by atoms with Crippen molar-refractivity contribution in [1.82, 2.24) is 5.32 Å². The van der Waals surface area contributed by atoms with Crippen molar-refractivity contribution in [3.05, 3.63) is 96.1 Å². The molecule has 3 rings (SSSR count). The third-order valence-electron chi connectivity index (χ3n) is 4.88. The molecule has 3 amide bonds. The van der Waals surface area contributed by atoms with Crippen molar-refractivity contribution in [3.63, 3.8) is 0 Å². The van der Waals surface area contributed by atoms with Gasteiger partial charge in [0.05, 0.1) is 0 Å². The van der Waals surface area contributed by atoms with E-state index in [1.54, 1.807) is 48.5 Å². The van der Waals surface area contributed by atoms with Crippen LogP contribution in [0.4, 0.5) is 11.4 Å². The lowest BCUT2D eigenvalue weighted by Gasteiger charge is -2.19. The number of amides is 3. The molecular weight excluding hydrogens is 402 g/mol. The predicted octanol–water partition coefficient (Wildman–Crippen LogP) is 4.26. The van der Waals surface area contributed by atoms with Crippen LogP contribution in [0.15, 0.2) is 84.9 Å². The van der Waals surface area contributed by atoms with E-state index in [0.29, 0.717) is 23.4 Å². The molecule has 6 nitrogen and oxygen atoms in total. The molecular formula is C26H27N3O3. The Morgan fingerprint density at radius 3 is 1.72 bits per heavy atom. The van der Waals surface area contributed by atoms with Crippen molar-refractivity contribution in [2.75, 3.05) is 10.6 Å². The second-order valence-corrected chi connectivity index (χ2v) is 7.79. The third-order valence-corrected chi connectivity index (χ3v) is 4.88. The number of hydrogen-bond donors (Lipinski definition) is 3. The minimum atomic E-state index is -0.759. The fourth-order valence-corrected chi connectivity index (χ4v) is 3.04. The lowest BCUT2D eigenvalue weighted by Crippen LogP contribution is -2.45. The first kappa shape index (κ1) is 22.7. The molecule has 0 saturated heterocycles. The lowest BCUT2D eigenvalue weighted by molar-refractivity contribution is -0.119. The van der Waals surface area contributed by atoms with Crippen LogP contribution >= 0.6 is 0 Å². The van der Waals surface area contributed by atoms with Gasteiger partial charge in [-0.25, -0.2) is 0 Å². The molecule has 0 spiro atoms. The molecule has 1 atom stereocenters. The molecule has 0 bridgehead atoms. The minimum Gasteiger partial charge on any atom is -0.340 e. The third kappa shape index (κ3) is 6.54. The highest BCUT2D eigenvalue weighted by molar-refractivity contribution is 6.01. The summed E-state index contributed by atoms with van der Waals surface area (Å²) < 4.78 is 0. The van der Waals surface area contributed by atoms with Crippen LogP contribution in [0.3, 0.4) is 0 Å². The topological polar surface area (TPSA) is 87.3 Å². The van der Waals surface area contributed by atoms with Crippen LogP contribution in [0.2, 0.25) is 0 Å². The molecule has 3 aromatic carbocycles. The summed E-state index contributed by atoms with van der Waals surface area (Å²) in [6.45, 7) is 3.64. The summed E-state index contributed by atoms with van der Waals surface area (Å²) in [7, 11) is 0. The maximum atomic E-state index is 13.0. The Morgan fingerprint density at radius 2 is 1.19 bits per heavy atom.